The third-order valence-corrected chi connectivity index (χ3v) is 4.15. The van der Waals surface area contributed by atoms with E-state index in [1.54, 1.807) is 19.3 Å². The van der Waals surface area contributed by atoms with Gasteiger partial charge in [0.2, 0.25) is 0 Å². The lowest BCUT2D eigenvalue weighted by atomic mass is 9.77. The Labute approximate surface area is 125 Å². The van der Waals surface area contributed by atoms with Gasteiger partial charge in [-0.15, -0.1) is 0 Å². The van der Waals surface area contributed by atoms with Crippen LogP contribution in [-0.4, -0.2) is 31.6 Å². The zero-order valence-corrected chi connectivity index (χ0v) is 13.1. The van der Waals surface area contributed by atoms with Crippen molar-refractivity contribution in [3.05, 3.63) is 23.3 Å². The Bertz CT molecular complexity index is 617. The number of aliphatic imine (C=N–C) groups is 1. The van der Waals surface area contributed by atoms with Gasteiger partial charge in [-0.1, -0.05) is 6.07 Å². The van der Waals surface area contributed by atoms with Crippen molar-refractivity contribution in [2.24, 2.45) is 4.99 Å². The highest BCUT2D eigenvalue weighted by molar-refractivity contribution is 6.62. The fourth-order valence-corrected chi connectivity index (χ4v) is 2.15. The first kappa shape index (κ1) is 15.6. The smallest absolute Gasteiger partial charge is 0.399 e. The number of benzene rings is 1. The minimum Gasteiger partial charge on any atom is -0.399 e. The lowest BCUT2D eigenvalue weighted by molar-refractivity contribution is 0.00578. The highest BCUT2D eigenvalue weighted by atomic mass is 16.7. The summed E-state index contributed by atoms with van der Waals surface area (Å²) in [5.74, 6) is 0. The summed E-state index contributed by atoms with van der Waals surface area (Å²) in [6.45, 7) is 7.96. The standard InChI is InChI=1S/C15H20BN3O2/c1-14(2)15(3,4)21-16(20-14)12-6-10(8-17)13(18)11(7-12)9-19-5/h6-7,9H,18H2,1-5H3. The van der Waals surface area contributed by atoms with Crippen LogP contribution in [0.15, 0.2) is 17.1 Å². The second kappa shape index (κ2) is 5.17. The third kappa shape index (κ3) is 2.67. The van der Waals surface area contributed by atoms with Crippen molar-refractivity contribution in [3.63, 3.8) is 0 Å². The summed E-state index contributed by atoms with van der Waals surface area (Å²) in [6.07, 6.45) is 1.63. The second-order valence-electron chi connectivity index (χ2n) is 6.16. The molecular formula is C15H20BN3O2. The van der Waals surface area contributed by atoms with E-state index >= 15 is 0 Å². The predicted molar refractivity (Wildman–Crippen MR) is 84.8 cm³/mol. The van der Waals surface area contributed by atoms with Crippen LogP contribution in [0.4, 0.5) is 5.69 Å². The molecule has 1 aromatic carbocycles. The molecule has 1 heterocycles. The normalized spacial score (nSPS) is 19.9. The van der Waals surface area contributed by atoms with E-state index in [4.69, 9.17) is 15.0 Å². The van der Waals surface area contributed by atoms with Gasteiger partial charge in [0.15, 0.2) is 0 Å². The molecule has 0 aromatic heterocycles. The molecule has 1 aromatic rings. The Morgan fingerprint density at radius 1 is 1.24 bits per heavy atom. The molecule has 0 unspecified atom stereocenters. The SMILES string of the molecule is CN=Cc1cc(B2OC(C)(C)C(C)(C)O2)cc(C#N)c1N. The lowest BCUT2D eigenvalue weighted by Gasteiger charge is -2.32. The van der Waals surface area contributed by atoms with Gasteiger partial charge in [-0.05, 0) is 39.2 Å². The maximum atomic E-state index is 9.23. The Morgan fingerprint density at radius 2 is 1.81 bits per heavy atom. The average molecular weight is 285 g/mol. The van der Waals surface area contributed by atoms with Crippen LogP contribution in [0.3, 0.4) is 0 Å². The quantitative estimate of drug-likeness (QED) is 0.507. The summed E-state index contributed by atoms with van der Waals surface area (Å²) in [4.78, 5) is 3.97. The molecule has 21 heavy (non-hydrogen) atoms. The van der Waals surface area contributed by atoms with Gasteiger partial charge >= 0.3 is 7.12 Å². The average Bonchev–Trinajstić information content (AvgIpc) is 2.61. The fraction of sp³-hybridized carbons (Fsp3) is 0.467. The van der Waals surface area contributed by atoms with Crippen LogP contribution >= 0.6 is 0 Å². The molecule has 1 aliphatic heterocycles. The molecule has 0 radical (unpaired) electrons. The van der Waals surface area contributed by atoms with E-state index in [1.807, 2.05) is 33.8 Å². The van der Waals surface area contributed by atoms with Crippen molar-refractivity contribution < 1.29 is 9.31 Å². The van der Waals surface area contributed by atoms with Crippen molar-refractivity contribution in [3.8, 4) is 6.07 Å². The zero-order valence-electron chi connectivity index (χ0n) is 13.1. The largest absolute Gasteiger partial charge is 0.494 e. The number of nitrogen functional groups attached to an aromatic ring is 1. The van der Waals surface area contributed by atoms with Crippen LogP contribution in [0.5, 0.6) is 0 Å². The van der Waals surface area contributed by atoms with Crippen LogP contribution < -0.4 is 11.2 Å². The molecule has 2 rings (SSSR count). The number of rotatable bonds is 2. The summed E-state index contributed by atoms with van der Waals surface area (Å²) in [7, 11) is 1.14. The first-order valence-corrected chi connectivity index (χ1v) is 6.83. The van der Waals surface area contributed by atoms with Crippen LogP contribution in [-0.2, 0) is 9.31 Å². The van der Waals surface area contributed by atoms with Gasteiger partial charge in [0.05, 0.1) is 22.5 Å². The summed E-state index contributed by atoms with van der Waals surface area (Å²) in [5.41, 5.74) is 7.40. The molecule has 0 saturated carbocycles. The summed E-state index contributed by atoms with van der Waals surface area (Å²) < 4.78 is 12.0. The maximum Gasteiger partial charge on any atom is 0.494 e. The second-order valence-corrected chi connectivity index (χ2v) is 6.16. The molecular weight excluding hydrogens is 265 g/mol. The van der Waals surface area contributed by atoms with Crippen molar-refractivity contribution in [2.75, 3.05) is 12.8 Å². The number of hydrogen-bond acceptors (Lipinski definition) is 5. The molecule has 110 valence electrons. The van der Waals surface area contributed by atoms with Gasteiger partial charge in [-0.25, -0.2) is 0 Å². The minimum absolute atomic E-state index is 0.400. The van der Waals surface area contributed by atoms with E-state index in [1.165, 1.54) is 0 Å². The van der Waals surface area contributed by atoms with Crippen LogP contribution in [0.2, 0.25) is 0 Å². The molecule has 0 bridgehead atoms. The lowest BCUT2D eigenvalue weighted by Crippen LogP contribution is -2.41. The summed E-state index contributed by atoms with van der Waals surface area (Å²) in [6, 6.07) is 5.67. The Morgan fingerprint density at radius 3 is 2.29 bits per heavy atom. The molecule has 0 amide bonds. The van der Waals surface area contributed by atoms with Gasteiger partial charge in [0, 0.05) is 18.8 Å². The number of hydrogen-bond donors (Lipinski definition) is 1. The molecule has 5 nitrogen and oxygen atoms in total. The summed E-state index contributed by atoms with van der Waals surface area (Å²) in [5, 5.41) is 9.23. The number of anilines is 1. The topological polar surface area (TPSA) is 80.6 Å². The van der Waals surface area contributed by atoms with Crippen LogP contribution in [0, 0.1) is 11.3 Å². The number of nitrogens with zero attached hydrogens (tertiary/aromatic N) is 2. The van der Waals surface area contributed by atoms with Crippen molar-refractivity contribution in [2.45, 2.75) is 38.9 Å². The highest BCUT2D eigenvalue weighted by Gasteiger charge is 2.51. The van der Waals surface area contributed by atoms with E-state index < -0.39 is 18.3 Å². The molecule has 1 fully saturated rings. The Kier molecular flexibility index (Phi) is 3.83. The fourth-order valence-electron chi connectivity index (χ4n) is 2.15. The molecule has 2 N–H and O–H groups in total. The molecule has 6 heteroatoms. The first-order chi connectivity index (χ1) is 9.71. The third-order valence-electron chi connectivity index (χ3n) is 4.15. The van der Waals surface area contributed by atoms with Gasteiger partial charge in [0.25, 0.3) is 0 Å². The van der Waals surface area contributed by atoms with E-state index in [9.17, 15) is 5.26 Å². The number of nitrogens with two attached hydrogens (primary N) is 1. The Balaban J connectivity index is 2.47. The van der Waals surface area contributed by atoms with Crippen molar-refractivity contribution in [1.82, 2.24) is 0 Å². The van der Waals surface area contributed by atoms with Crippen LogP contribution in [0.25, 0.3) is 0 Å². The Hall–Kier alpha value is -1.84. The predicted octanol–water partition coefficient (Wildman–Crippen LogP) is 1.49. The first-order valence-electron chi connectivity index (χ1n) is 6.83. The maximum absolute atomic E-state index is 9.23. The van der Waals surface area contributed by atoms with E-state index in [-0.39, 0.29) is 0 Å². The minimum atomic E-state index is -0.522. The monoisotopic (exact) mass is 285 g/mol. The van der Waals surface area contributed by atoms with Gasteiger partial charge in [0.1, 0.15) is 6.07 Å². The van der Waals surface area contributed by atoms with Crippen LogP contribution in [0.1, 0.15) is 38.8 Å². The molecule has 0 spiro atoms. The molecule has 1 saturated heterocycles. The van der Waals surface area contributed by atoms with E-state index in [0.29, 0.717) is 16.8 Å². The number of nitriles is 1. The van der Waals surface area contributed by atoms with Gasteiger partial charge in [-0.3, -0.25) is 4.99 Å². The summed E-state index contributed by atoms with van der Waals surface area (Å²) >= 11 is 0. The highest BCUT2D eigenvalue weighted by Crippen LogP contribution is 2.36. The molecule has 1 aliphatic rings. The van der Waals surface area contributed by atoms with E-state index in [0.717, 1.165) is 5.46 Å². The van der Waals surface area contributed by atoms with Crippen molar-refractivity contribution >= 4 is 24.5 Å². The van der Waals surface area contributed by atoms with Gasteiger partial charge < -0.3 is 15.0 Å². The van der Waals surface area contributed by atoms with E-state index in [2.05, 4.69) is 11.1 Å². The molecule has 0 aliphatic carbocycles. The zero-order chi connectivity index (χ0) is 15.8. The van der Waals surface area contributed by atoms with Gasteiger partial charge in [-0.2, -0.15) is 5.26 Å². The van der Waals surface area contributed by atoms with Crippen molar-refractivity contribution in [1.29, 1.82) is 5.26 Å². The molecule has 0 atom stereocenters.